The molecule has 6 heteroatoms. The molecule has 1 amide bonds. The summed E-state index contributed by atoms with van der Waals surface area (Å²) in [6, 6.07) is 9.26. The first-order chi connectivity index (χ1) is 10.0. The molecule has 0 spiro atoms. The van der Waals surface area contributed by atoms with Crippen LogP contribution in [0.4, 0.5) is 0 Å². The van der Waals surface area contributed by atoms with Gasteiger partial charge in [0, 0.05) is 0 Å². The van der Waals surface area contributed by atoms with E-state index in [-0.39, 0.29) is 12.5 Å². The molecule has 1 heterocycles. The quantitative estimate of drug-likeness (QED) is 0.665. The van der Waals surface area contributed by atoms with Crippen molar-refractivity contribution in [3.05, 3.63) is 51.9 Å². The summed E-state index contributed by atoms with van der Waals surface area (Å²) in [6.07, 6.45) is 1.42. The summed E-state index contributed by atoms with van der Waals surface area (Å²) < 4.78 is 11.3. The Morgan fingerprint density at radius 1 is 1.38 bits per heavy atom. The van der Waals surface area contributed by atoms with Gasteiger partial charge in [-0.2, -0.15) is 5.10 Å². The van der Waals surface area contributed by atoms with Crippen LogP contribution in [0.25, 0.3) is 0 Å². The van der Waals surface area contributed by atoms with Gasteiger partial charge in [-0.15, -0.1) is 0 Å². The number of rotatable bonds is 5. The molecule has 0 saturated carbocycles. The van der Waals surface area contributed by atoms with Crippen molar-refractivity contribution in [3.63, 3.8) is 0 Å². The number of hydrogen-bond donors (Lipinski definition) is 1. The van der Waals surface area contributed by atoms with Crippen molar-refractivity contribution in [2.24, 2.45) is 5.10 Å². The number of benzene rings is 1. The number of hydrazone groups is 1. The summed E-state index contributed by atoms with van der Waals surface area (Å²) >= 11 is 3.18. The molecular weight excluding hydrogens is 336 g/mol. The summed E-state index contributed by atoms with van der Waals surface area (Å²) in [6.45, 7) is 3.85. The Hall–Kier alpha value is -2.08. The van der Waals surface area contributed by atoms with Crippen molar-refractivity contribution in [3.8, 4) is 5.75 Å². The molecule has 1 aromatic heterocycles. The molecule has 2 aromatic rings. The van der Waals surface area contributed by atoms with E-state index >= 15 is 0 Å². The van der Waals surface area contributed by atoms with Crippen LogP contribution in [0, 0.1) is 13.8 Å². The first kappa shape index (κ1) is 15.3. The van der Waals surface area contributed by atoms with Crippen molar-refractivity contribution in [2.45, 2.75) is 13.8 Å². The minimum atomic E-state index is -0.336. The summed E-state index contributed by atoms with van der Waals surface area (Å²) in [5, 5.41) is 3.78. The summed E-state index contributed by atoms with van der Waals surface area (Å²) in [4.78, 5) is 11.6. The highest BCUT2D eigenvalue weighted by molar-refractivity contribution is 9.10. The van der Waals surface area contributed by atoms with Crippen LogP contribution in [-0.4, -0.2) is 18.7 Å². The zero-order valence-corrected chi connectivity index (χ0v) is 13.3. The largest absolute Gasteiger partial charge is 0.483 e. The summed E-state index contributed by atoms with van der Waals surface area (Å²) in [7, 11) is 0. The number of amides is 1. The Kier molecular flexibility index (Phi) is 5.16. The highest BCUT2D eigenvalue weighted by Crippen LogP contribution is 2.18. The van der Waals surface area contributed by atoms with Crippen LogP contribution in [-0.2, 0) is 4.79 Å². The summed E-state index contributed by atoms with van der Waals surface area (Å²) in [5.41, 5.74) is 4.52. The smallest absolute Gasteiger partial charge is 0.277 e. The second-order valence-electron chi connectivity index (χ2n) is 4.49. The van der Waals surface area contributed by atoms with E-state index in [2.05, 4.69) is 26.5 Å². The van der Waals surface area contributed by atoms with E-state index in [1.807, 2.05) is 32.0 Å². The second-order valence-corrected chi connectivity index (χ2v) is 5.27. The first-order valence-electron chi connectivity index (χ1n) is 6.32. The van der Waals surface area contributed by atoms with E-state index < -0.39 is 0 Å². The summed E-state index contributed by atoms with van der Waals surface area (Å²) in [5.74, 6) is 0.893. The molecule has 0 aliphatic carbocycles. The average molecular weight is 351 g/mol. The van der Waals surface area contributed by atoms with Gasteiger partial charge in [0.1, 0.15) is 11.5 Å². The van der Waals surface area contributed by atoms with Crippen LogP contribution in [0.2, 0.25) is 0 Å². The van der Waals surface area contributed by atoms with E-state index in [9.17, 15) is 4.79 Å². The minimum absolute atomic E-state index is 0.0942. The molecule has 0 aliphatic heterocycles. The molecule has 0 aliphatic rings. The van der Waals surface area contributed by atoms with Crippen LogP contribution < -0.4 is 10.2 Å². The third kappa shape index (κ3) is 4.75. The Bertz CT molecular complexity index is 665. The first-order valence-corrected chi connectivity index (χ1v) is 7.11. The molecule has 110 valence electrons. The third-order valence-electron chi connectivity index (χ3n) is 2.66. The predicted octanol–water partition coefficient (Wildman–Crippen LogP) is 3.19. The van der Waals surface area contributed by atoms with Crippen molar-refractivity contribution in [1.82, 2.24) is 5.43 Å². The lowest BCUT2D eigenvalue weighted by atomic mass is 10.1. The van der Waals surface area contributed by atoms with Crippen LogP contribution in [0.15, 0.2) is 44.5 Å². The highest BCUT2D eigenvalue weighted by atomic mass is 79.9. The van der Waals surface area contributed by atoms with Gasteiger partial charge >= 0.3 is 0 Å². The van der Waals surface area contributed by atoms with Gasteiger partial charge in [-0.3, -0.25) is 4.79 Å². The topological polar surface area (TPSA) is 63.8 Å². The minimum Gasteiger partial charge on any atom is -0.483 e. The predicted molar refractivity (Wildman–Crippen MR) is 83.6 cm³/mol. The van der Waals surface area contributed by atoms with Crippen molar-refractivity contribution in [1.29, 1.82) is 0 Å². The molecule has 0 saturated heterocycles. The van der Waals surface area contributed by atoms with Crippen LogP contribution in [0.5, 0.6) is 5.75 Å². The fraction of sp³-hybridized carbons (Fsp3) is 0.200. The van der Waals surface area contributed by atoms with Crippen LogP contribution in [0.1, 0.15) is 16.9 Å². The SMILES string of the molecule is Cc1ccc(OCC(=O)N/N=C/c2ccc(Br)o2)c(C)c1. The molecule has 5 nitrogen and oxygen atoms in total. The molecule has 0 radical (unpaired) electrons. The highest BCUT2D eigenvalue weighted by Gasteiger charge is 2.04. The molecular formula is C15H15BrN2O3. The molecule has 0 fully saturated rings. The number of nitrogens with one attached hydrogen (secondary N) is 1. The number of furan rings is 1. The van der Waals surface area contributed by atoms with Gasteiger partial charge in [0.15, 0.2) is 11.3 Å². The van der Waals surface area contributed by atoms with Crippen molar-refractivity contribution in [2.75, 3.05) is 6.61 Å². The van der Waals surface area contributed by atoms with E-state index in [0.29, 0.717) is 16.2 Å². The Morgan fingerprint density at radius 2 is 2.19 bits per heavy atom. The third-order valence-corrected chi connectivity index (χ3v) is 3.09. The van der Waals surface area contributed by atoms with E-state index in [0.717, 1.165) is 11.1 Å². The maximum atomic E-state index is 11.6. The fourth-order valence-corrected chi connectivity index (χ4v) is 2.02. The fourth-order valence-electron chi connectivity index (χ4n) is 1.70. The molecule has 0 atom stereocenters. The van der Waals surface area contributed by atoms with Gasteiger partial charge in [-0.25, -0.2) is 5.43 Å². The maximum absolute atomic E-state index is 11.6. The Balaban J connectivity index is 1.81. The molecule has 21 heavy (non-hydrogen) atoms. The van der Waals surface area contributed by atoms with Gasteiger partial charge in [-0.1, -0.05) is 17.7 Å². The molecule has 0 bridgehead atoms. The second kappa shape index (κ2) is 7.08. The van der Waals surface area contributed by atoms with E-state index in [1.165, 1.54) is 6.21 Å². The lowest BCUT2D eigenvalue weighted by molar-refractivity contribution is -0.123. The maximum Gasteiger partial charge on any atom is 0.277 e. The standard InChI is InChI=1S/C15H15BrN2O3/c1-10-3-5-13(11(2)7-10)20-9-15(19)18-17-8-12-4-6-14(16)21-12/h3-8H,9H2,1-2H3,(H,18,19)/b17-8+. The zero-order valence-electron chi connectivity index (χ0n) is 11.7. The lowest BCUT2D eigenvalue weighted by Crippen LogP contribution is -2.24. The van der Waals surface area contributed by atoms with E-state index in [1.54, 1.807) is 12.1 Å². The Labute approximate surface area is 131 Å². The lowest BCUT2D eigenvalue weighted by Gasteiger charge is -2.08. The van der Waals surface area contributed by atoms with Gasteiger partial charge in [-0.05, 0) is 53.5 Å². The zero-order chi connectivity index (χ0) is 15.2. The molecule has 1 aromatic carbocycles. The normalized spacial score (nSPS) is 10.8. The molecule has 0 unspecified atom stereocenters. The van der Waals surface area contributed by atoms with Gasteiger partial charge < -0.3 is 9.15 Å². The van der Waals surface area contributed by atoms with Crippen molar-refractivity contribution >= 4 is 28.1 Å². The number of ether oxygens (including phenoxy) is 1. The number of nitrogens with zero attached hydrogens (tertiary/aromatic N) is 1. The Morgan fingerprint density at radius 3 is 2.86 bits per heavy atom. The monoisotopic (exact) mass is 350 g/mol. The number of halogens is 1. The van der Waals surface area contributed by atoms with E-state index in [4.69, 9.17) is 9.15 Å². The van der Waals surface area contributed by atoms with Crippen LogP contribution >= 0.6 is 15.9 Å². The van der Waals surface area contributed by atoms with Gasteiger partial charge in [0.05, 0.1) is 6.21 Å². The molecule has 1 N–H and O–H groups in total. The number of hydrogen-bond acceptors (Lipinski definition) is 4. The number of aryl methyl sites for hydroxylation is 2. The van der Waals surface area contributed by atoms with Gasteiger partial charge in [0.2, 0.25) is 0 Å². The van der Waals surface area contributed by atoms with Crippen molar-refractivity contribution < 1.29 is 13.9 Å². The number of carbonyl (C=O) groups is 1. The average Bonchev–Trinajstić information content (AvgIpc) is 2.83. The number of carbonyl (C=O) groups excluding carboxylic acids is 1. The van der Waals surface area contributed by atoms with Crippen LogP contribution in [0.3, 0.4) is 0 Å². The molecule has 2 rings (SSSR count). The van der Waals surface area contributed by atoms with Gasteiger partial charge in [0.25, 0.3) is 5.91 Å².